The third kappa shape index (κ3) is 1.80. The number of carbonyl (C=O) groups is 2. The molecule has 0 aromatic rings. The van der Waals surface area contributed by atoms with Gasteiger partial charge in [0.1, 0.15) is 0 Å². The Morgan fingerprint density at radius 1 is 0.708 bits per heavy atom. The monoisotopic (exact) mass is 462 g/mol. The van der Waals surface area contributed by atoms with E-state index < -0.39 is 0 Å². The quantitative estimate of drug-likeness (QED) is 0.599. The molecular weight excluding hydrogens is 430 g/mol. The number of rotatable bonds is 3. The molecule has 0 aliphatic heterocycles. The van der Waals surface area contributed by atoms with Gasteiger partial charge in [0.25, 0.3) is 0 Å². The summed E-state index contributed by atoms with van der Waals surface area (Å²) in [5.74, 6) is 2.25. The van der Waals surface area contributed by atoms with Crippen molar-refractivity contribution in [3.8, 4) is 0 Å². The Kier molecular flexibility index (Phi) is 3.71. The van der Waals surface area contributed by atoms with E-state index in [1.54, 1.807) is 0 Å². The number of carbonyl (C=O) groups excluding carboxylic acids is 2. The van der Waals surface area contributed by atoms with E-state index in [-0.39, 0.29) is 21.7 Å². The molecule has 0 radical (unpaired) electrons. The number of Topliss-reactive ketones (excluding diaryl/α,β-unsaturated/α-hetero) is 2. The number of ketones is 2. The molecule has 134 valence electrons. The van der Waals surface area contributed by atoms with Crippen LogP contribution in [0.3, 0.4) is 0 Å². The average Bonchev–Trinajstić information content (AvgIpc) is 2.97. The van der Waals surface area contributed by atoms with Crippen molar-refractivity contribution in [2.24, 2.45) is 33.5 Å². The zero-order chi connectivity index (χ0) is 17.7. The first-order valence-electron chi connectivity index (χ1n) is 9.39. The van der Waals surface area contributed by atoms with Gasteiger partial charge in [-0.05, 0) is 0 Å². The zero-order valence-electron chi connectivity index (χ0n) is 15.8. The van der Waals surface area contributed by atoms with Crippen LogP contribution in [0.5, 0.6) is 0 Å². The van der Waals surface area contributed by atoms with E-state index in [2.05, 4.69) is 41.5 Å². The molecule has 6 atom stereocenters. The minimum atomic E-state index is -0.0932. The van der Waals surface area contributed by atoms with Crippen LogP contribution in [0.2, 0.25) is 9.63 Å². The average molecular weight is 460 g/mol. The zero-order valence-corrected chi connectivity index (χ0v) is 19.2. The summed E-state index contributed by atoms with van der Waals surface area (Å²) in [5.41, 5.74) is 0.140. The van der Waals surface area contributed by atoms with E-state index in [4.69, 9.17) is 0 Å². The fraction of sp³-hybridized carbons (Fsp3) is 0.900. The first-order valence-corrected chi connectivity index (χ1v) is 15.7. The SMILES string of the molecule is CC1(C)[C@@H]2CC[C@@]1(C)C(=O)[C@@H]2[Se][Se][C@@H]1C(=O)[C@@]2(C)CC[C@@H]1C2(C)C. The molecule has 0 aromatic heterocycles. The number of fused-ring (bicyclic) bond motifs is 4. The van der Waals surface area contributed by atoms with Gasteiger partial charge in [-0.1, -0.05) is 0 Å². The van der Waals surface area contributed by atoms with Crippen molar-refractivity contribution >= 4 is 37.8 Å². The summed E-state index contributed by atoms with van der Waals surface area (Å²) < 4.78 is 0. The molecule has 0 heterocycles. The van der Waals surface area contributed by atoms with Gasteiger partial charge in [-0.3, -0.25) is 0 Å². The molecule has 0 aromatic carbocycles. The second-order valence-corrected chi connectivity index (χ2v) is 17.3. The van der Waals surface area contributed by atoms with Crippen LogP contribution in [0.25, 0.3) is 0 Å². The molecule has 4 bridgehead atoms. The first-order chi connectivity index (χ1) is 11.0. The Bertz CT molecular complexity index is 571. The molecule has 4 rings (SSSR count). The second kappa shape index (κ2) is 5.00. The third-order valence-electron chi connectivity index (χ3n) is 9.21. The summed E-state index contributed by atoms with van der Waals surface area (Å²) in [6, 6.07) is 0. The van der Waals surface area contributed by atoms with Crippen LogP contribution in [-0.2, 0) is 9.59 Å². The predicted octanol–water partition coefficient (Wildman–Crippen LogP) is 3.94. The van der Waals surface area contributed by atoms with Gasteiger partial charge in [0.05, 0.1) is 0 Å². The van der Waals surface area contributed by atoms with Crippen LogP contribution in [0.1, 0.15) is 67.2 Å². The summed E-state index contributed by atoms with van der Waals surface area (Å²) in [6.07, 6.45) is 4.62. The molecular formula is C20H30O2Se2. The molecule has 0 amide bonds. The number of hydrogen-bond donors (Lipinski definition) is 0. The van der Waals surface area contributed by atoms with Crippen molar-refractivity contribution in [3.05, 3.63) is 0 Å². The molecule has 0 saturated heterocycles. The van der Waals surface area contributed by atoms with E-state index in [0.717, 1.165) is 12.8 Å². The van der Waals surface area contributed by atoms with Gasteiger partial charge in [-0.2, -0.15) is 0 Å². The fourth-order valence-corrected chi connectivity index (χ4v) is 18.3. The van der Waals surface area contributed by atoms with Crippen molar-refractivity contribution in [1.82, 2.24) is 0 Å². The van der Waals surface area contributed by atoms with E-state index in [1.807, 2.05) is 0 Å². The molecule has 0 spiro atoms. The van der Waals surface area contributed by atoms with Gasteiger partial charge in [-0.25, -0.2) is 0 Å². The van der Waals surface area contributed by atoms with Crippen molar-refractivity contribution in [3.63, 3.8) is 0 Å². The second-order valence-electron chi connectivity index (χ2n) is 10.2. The fourth-order valence-electron chi connectivity index (χ4n) is 6.35. The molecule has 0 unspecified atom stereocenters. The van der Waals surface area contributed by atoms with Crippen LogP contribution < -0.4 is 0 Å². The van der Waals surface area contributed by atoms with Gasteiger partial charge in [0.15, 0.2) is 0 Å². The van der Waals surface area contributed by atoms with Gasteiger partial charge in [-0.15, -0.1) is 0 Å². The summed E-state index contributed by atoms with van der Waals surface area (Å²) in [5, 5.41) is 0. The van der Waals surface area contributed by atoms with Crippen LogP contribution in [0.15, 0.2) is 0 Å². The van der Waals surface area contributed by atoms with Crippen molar-refractivity contribution in [2.75, 3.05) is 0 Å². The summed E-state index contributed by atoms with van der Waals surface area (Å²) in [7, 11) is 0. The minimum absolute atomic E-state index is 0.0932. The van der Waals surface area contributed by atoms with Gasteiger partial charge >= 0.3 is 158 Å². The van der Waals surface area contributed by atoms with Crippen molar-refractivity contribution in [1.29, 1.82) is 0 Å². The maximum absolute atomic E-state index is 13.1. The Balaban J connectivity index is 1.52. The Morgan fingerprint density at radius 2 is 1.04 bits per heavy atom. The summed E-state index contributed by atoms with van der Waals surface area (Å²) in [4.78, 5) is 26.8. The molecule has 2 nitrogen and oxygen atoms in total. The van der Waals surface area contributed by atoms with Gasteiger partial charge < -0.3 is 0 Å². The van der Waals surface area contributed by atoms with Crippen molar-refractivity contribution in [2.45, 2.75) is 76.9 Å². The van der Waals surface area contributed by atoms with E-state index >= 15 is 0 Å². The third-order valence-corrected chi connectivity index (χ3v) is 18.3. The molecule has 4 aliphatic rings. The van der Waals surface area contributed by atoms with Gasteiger partial charge in [0.2, 0.25) is 0 Å². The summed E-state index contributed by atoms with van der Waals surface area (Å²) >= 11 is 0.697. The van der Waals surface area contributed by atoms with E-state index in [0.29, 0.717) is 59.3 Å². The molecule has 4 heteroatoms. The first kappa shape index (κ1) is 17.8. The Labute approximate surface area is 157 Å². The van der Waals surface area contributed by atoms with Crippen LogP contribution in [0.4, 0.5) is 0 Å². The van der Waals surface area contributed by atoms with Crippen LogP contribution in [0, 0.1) is 33.5 Å². The molecule has 0 N–H and O–H groups in total. The molecule has 4 fully saturated rings. The Hall–Kier alpha value is 0.379. The van der Waals surface area contributed by atoms with Gasteiger partial charge in [0, 0.05) is 0 Å². The van der Waals surface area contributed by atoms with Crippen LogP contribution >= 0.6 is 0 Å². The Morgan fingerprint density at radius 3 is 1.29 bits per heavy atom. The van der Waals surface area contributed by atoms with E-state index in [1.165, 1.54) is 12.8 Å². The predicted molar refractivity (Wildman–Crippen MR) is 98.2 cm³/mol. The number of hydrogen-bond acceptors (Lipinski definition) is 2. The van der Waals surface area contributed by atoms with Crippen LogP contribution in [-0.4, -0.2) is 37.8 Å². The normalized spacial score (nSPS) is 50.9. The molecule has 24 heavy (non-hydrogen) atoms. The van der Waals surface area contributed by atoms with Crippen molar-refractivity contribution < 1.29 is 9.59 Å². The summed E-state index contributed by atoms with van der Waals surface area (Å²) in [6.45, 7) is 13.7. The molecule has 4 aliphatic carbocycles. The van der Waals surface area contributed by atoms with E-state index in [9.17, 15) is 9.59 Å². The standard InChI is InChI=1S/C20H30O2Se2/c1-17(2)11-7-9-19(17,5)15(21)13(11)23-24-14-12-8-10-20(6,16(14)22)18(12,3)4/h11-14H,7-10H2,1-6H3/t11-,12+,13-,14+,19+,20-. The maximum atomic E-state index is 13.1. The topological polar surface area (TPSA) is 34.1 Å². The molecule has 4 saturated carbocycles.